The van der Waals surface area contributed by atoms with Crippen LogP contribution in [0.25, 0.3) is 0 Å². The zero-order valence-corrected chi connectivity index (χ0v) is 4.28. The molecule has 0 aromatic carbocycles. The summed E-state index contributed by atoms with van der Waals surface area (Å²) in [6, 6.07) is 0. The first kappa shape index (κ1) is 4.17. The molecule has 0 aromatic rings. The standard InChI is InChI=1S/C6H11/c1-2-3-6-4-5-6/h3,6H,2,4-5H2,1H3. The zero-order chi connectivity index (χ0) is 4.41. The van der Waals surface area contributed by atoms with Crippen LogP contribution in [0.1, 0.15) is 26.2 Å². The van der Waals surface area contributed by atoms with E-state index in [1.807, 2.05) is 0 Å². The molecule has 0 saturated heterocycles. The molecule has 0 N–H and O–H groups in total. The van der Waals surface area contributed by atoms with Gasteiger partial charge in [0.1, 0.15) is 0 Å². The van der Waals surface area contributed by atoms with Crippen molar-refractivity contribution >= 4 is 0 Å². The lowest BCUT2D eigenvalue weighted by molar-refractivity contribution is 0.904. The van der Waals surface area contributed by atoms with Gasteiger partial charge in [-0.3, -0.25) is 0 Å². The Morgan fingerprint density at radius 3 is 2.50 bits per heavy atom. The van der Waals surface area contributed by atoms with Crippen molar-refractivity contribution in [2.24, 2.45) is 5.92 Å². The first-order chi connectivity index (χ1) is 2.93. The van der Waals surface area contributed by atoms with Gasteiger partial charge in [-0.05, 0) is 25.2 Å². The maximum absolute atomic E-state index is 2.40. The fourth-order valence-corrected chi connectivity index (χ4v) is 0.665. The third-order valence-electron chi connectivity index (χ3n) is 1.19. The lowest BCUT2D eigenvalue weighted by atomic mass is 10.2. The Balaban J connectivity index is 1.88. The zero-order valence-electron chi connectivity index (χ0n) is 4.28. The van der Waals surface area contributed by atoms with E-state index >= 15 is 0 Å². The van der Waals surface area contributed by atoms with Crippen molar-refractivity contribution in [1.29, 1.82) is 0 Å². The SMILES string of the molecule is CC[CH]C1CC1. The van der Waals surface area contributed by atoms with E-state index in [9.17, 15) is 0 Å². The molecule has 0 nitrogen and oxygen atoms in total. The van der Waals surface area contributed by atoms with Gasteiger partial charge in [0, 0.05) is 0 Å². The molecule has 0 unspecified atom stereocenters. The Kier molecular flexibility index (Phi) is 1.13. The van der Waals surface area contributed by atoms with Crippen LogP contribution >= 0.6 is 0 Å². The molecule has 0 amide bonds. The van der Waals surface area contributed by atoms with Crippen molar-refractivity contribution < 1.29 is 0 Å². The predicted octanol–water partition coefficient (Wildman–Crippen LogP) is 2.01. The molecule has 0 aliphatic heterocycles. The molecule has 0 bridgehead atoms. The third-order valence-corrected chi connectivity index (χ3v) is 1.19. The summed E-state index contributed by atoms with van der Waals surface area (Å²) in [5.74, 6) is 1.02. The number of rotatable bonds is 2. The Hall–Kier alpha value is 0. The van der Waals surface area contributed by atoms with Gasteiger partial charge < -0.3 is 0 Å². The van der Waals surface area contributed by atoms with Crippen molar-refractivity contribution in [3.63, 3.8) is 0 Å². The average Bonchev–Trinajstić information content (AvgIpc) is 2.21. The highest BCUT2D eigenvalue weighted by atomic mass is 14.2. The van der Waals surface area contributed by atoms with Crippen molar-refractivity contribution in [2.75, 3.05) is 0 Å². The normalized spacial score (nSPS) is 21.5. The molecule has 1 fully saturated rings. The molecule has 6 heavy (non-hydrogen) atoms. The summed E-state index contributed by atoms with van der Waals surface area (Å²) in [6.07, 6.45) is 6.60. The van der Waals surface area contributed by atoms with Gasteiger partial charge in [0.05, 0.1) is 0 Å². The van der Waals surface area contributed by atoms with Gasteiger partial charge in [-0.1, -0.05) is 13.3 Å². The molecule has 0 spiro atoms. The highest BCUT2D eigenvalue weighted by Gasteiger charge is 2.19. The molecule has 1 aliphatic rings. The summed E-state index contributed by atoms with van der Waals surface area (Å²) in [5, 5.41) is 0. The van der Waals surface area contributed by atoms with E-state index in [4.69, 9.17) is 0 Å². The minimum Gasteiger partial charge on any atom is -0.0651 e. The summed E-state index contributed by atoms with van der Waals surface area (Å²) < 4.78 is 0. The lowest BCUT2D eigenvalue weighted by Gasteiger charge is -1.82. The van der Waals surface area contributed by atoms with E-state index in [1.165, 1.54) is 19.3 Å². The highest BCUT2D eigenvalue weighted by Crippen LogP contribution is 2.32. The first-order valence-electron chi connectivity index (χ1n) is 2.77. The Labute approximate surface area is 39.6 Å². The van der Waals surface area contributed by atoms with Gasteiger partial charge in [0.25, 0.3) is 0 Å². The van der Waals surface area contributed by atoms with Gasteiger partial charge in [0.15, 0.2) is 0 Å². The fraction of sp³-hybridized carbons (Fsp3) is 0.833. The lowest BCUT2D eigenvalue weighted by Crippen LogP contribution is -1.70. The van der Waals surface area contributed by atoms with Gasteiger partial charge in [-0.25, -0.2) is 0 Å². The van der Waals surface area contributed by atoms with Crippen LogP contribution in [-0.2, 0) is 0 Å². The second-order valence-electron chi connectivity index (χ2n) is 1.98. The van der Waals surface area contributed by atoms with E-state index in [1.54, 1.807) is 0 Å². The predicted molar refractivity (Wildman–Crippen MR) is 27.3 cm³/mol. The maximum atomic E-state index is 2.40. The maximum Gasteiger partial charge on any atom is -0.0357 e. The summed E-state index contributed by atoms with van der Waals surface area (Å²) in [4.78, 5) is 0. The van der Waals surface area contributed by atoms with E-state index in [-0.39, 0.29) is 0 Å². The molecule has 0 aromatic heterocycles. The summed E-state index contributed by atoms with van der Waals surface area (Å²) in [5.41, 5.74) is 0. The van der Waals surface area contributed by atoms with E-state index in [2.05, 4.69) is 13.3 Å². The molecule has 0 heterocycles. The molecule has 0 heteroatoms. The topological polar surface area (TPSA) is 0 Å². The van der Waals surface area contributed by atoms with Crippen molar-refractivity contribution in [2.45, 2.75) is 26.2 Å². The smallest absolute Gasteiger partial charge is 0.0357 e. The molecule has 35 valence electrons. The van der Waals surface area contributed by atoms with Gasteiger partial charge in [0.2, 0.25) is 0 Å². The molecule has 0 atom stereocenters. The van der Waals surface area contributed by atoms with Crippen LogP contribution in [0.2, 0.25) is 0 Å². The van der Waals surface area contributed by atoms with Crippen LogP contribution in [0, 0.1) is 12.3 Å². The Bertz CT molecular complexity index is 35.3. The average molecular weight is 83.2 g/mol. The quantitative estimate of drug-likeness (QED) is 0.479. The molecule has 1 rings (SSSR count). The van der Waals surface area contributed by atoms with Crippen LogP contribution in [0.5, 0.6) is 0 Å². The molecular weight excluding hydrogens is 72.1 g/mol. The molecular formula is C6H11. The molecule has 1 aliphatic carbocycles. The summed E-state index contributed by atoms with van der Waals surface area (Å²) in [7, 11) is 0. The number of hydrogen-bond donors (Lipinski definition) is 0. The second-order valence-corrected chi connectivity index (χ2v) is 1.98. The molecule has 1 saturated carbocycles. The van der Waals surface area contributed by atoms with Gasteiger partial charge >= 0.3 is 0 Å². The van der Waals surface area contributed by atoms with Crippen molar-refractivity contribution in [1.82, 2.24) is 0 Å². The molecule has 1 radical (unpaired) electrons. The largest absolute Gasteiger partial charge is 0.0651 e. The summed E-state index contributed by atoms with van der Waals surface area (Å²) in [6.45, 7) is 2.21. The monoisotopic (exact) mass is 83.1 g/mol. The first-order valence-corrected chi connectivity index (χ1v) is 2.77. The van der Waals surface area contributed by atoms with E-state index in [0.717, 1.165) is 5.92 Å². The van der Waals surface area contributed by atoms with Crippen molar-refractivity contribution in [3.8, 4) is 0 Å². The minimum absolute atomic E-state index is 1.02. The fourth-order valence-electron chi connectivity index (χ4n) is 0.665. The third kappa shape index (κ3) is 1.00. The van der Waals surface area contributed by atoms with Crippen LogP contribution in [0.4, 0.5) is 0 Å². The highest BCUT2D eigenvalue weighted by molar-refractivity contribution is 4.85. The summed E-state index contributed by atoms with van der Waals surface area (Å²) >= 11 is 0. The van der Waals surface area contributed by atoms with E-state index < -0.39 is 0 Å². The Morgan fingerprint density at radius 2 is 2.33 bits per heavy atom. The van der Waals surface area contributed by atoms with Gasteiger partial charge in [-0.2, -0.15) is 0 Å². The van der Waals surface area contributed by atoms with E-state index in [0.29, 0.717) is 0 Å². The second kappa shape index (κ2) is 1.63. The van der Waals surface area contributed by atoms with Crippen molar-refractivity contribution in [3.05, 3.63) is 6.42 Å². The van der Waals surface area contributed by atoms with Crippen LogP contribution in [0.15, 0.2) is 0 Å². The minimum atomic E-state index is 1.02. The number of hydrogen-bond acceptors (Lipinski definition) is 0. The van der Waals surface area contributed by atoms with Gasteiger partial charge in [-0.15, -0.1) is 0 Å². The van der Waals surface area contributed by atoms with Crippen LogP contribution in [0.3, 0.4) is 0 Å². The van der Waals surface area contributed by atoms with Crippen LogP contribution in [-0.4, -0.2) is 0 Å². The van der Waals surface area contributed by atoms with Crippen LogP contribution < -0.4 is 0 Å². The Morgan fingerprint density at radius 1 is 1.67 bits per heavy atom.